The Morgan fingerprint density at radius 1 is 1.09 bits per heavy atom. The van der Waals surface area contributed by atoms with Crippen LogP contribution >= 0.6 is 0 Å². The molecule has 3 fully saturated rings. The maximum Gasteiger partial charge on any atom is 0.220 e. The maximum absolute atomic E-state index is 12.5. The van der Waals surface area contributed by atoms with Gasteiger partial charge < -0.3 is 5.32 Å². The lowest BCUT2D eigenvalue weighted by molar-refractivity contribution is -0.122. The third-order valence-corrected chi connectivity index (χ3v) is 6.90. The Hall–Kier alpha value is -1.31. The fraction of sp³-hybridized carbons (Fsp3) is 0.667. The van der Waals surface area contributed by atoms with Crippen molar-refractivity contribution >= 4 is 5.91 Å². The summed E-state index contributed by atoms with van der Waals surface area (Å²) < 4.78 is 0. The first kappa shape index (κ1) is 15.2. The monoisotopic (exact) mass is 311 g/mol. The highest BCUT2D eigenvalue weighted by molar-refractivity contribution is 5.76. The van der Waals surface area contributed by atoms with E-state index in [-0.39, 0.29) is 5.41 Å². The zero-order chi connectivity index (χ0) is 15.7. The molecule has 3 aliphatic carbocycles. The highest BCUT2D eigenvalue weighted by Gasteiger charge is 2.40. The van der Waals surface area contributed by atoms with Crippen LogP contribution in [-0.2, 0) is 10.2 Å². The third kappa shape index (κ3) is 3.05. The van der Waals surface area contributed by atoms with E-state index in [2.05, 4.69) is 35.6 Å². The first-order valence-electron chi connectivity index (χ1n) is 9.57. The Bertz CT molecular complexity index is 546. The van der Waals surface area contributed by atoms with Crippen molar-refractivity contribution in [1.82, 2.24) is 5.32 Å². The molecule has 2 nitrogen and oxygen atoms in total. The number of hydrogen-bond acceptors (Lipinski definition) is 1. The molecule has 124 valence electrons. The predicted octanol–water partition coefficient (Wildman–Crippen LogP) is 4.44. The first-order valence-corrected chi connectivity index (χ1v) is 9.57. The molecule has 3 atom stereocenters. The van der Waals surface area contributed by atoms with E-state index in [0.717, 1.165) is 24.8 Å². The number of nitrogens with one attached hydrogen (secondary N) is 1. The van der Waals surface area contributed by atoms with Crippen molar-refractivity contribution in [3.63, 3.8) is 0 Å². The smallest absolute Gasteiger partial charge is 0.220 e. The van der Waals surface area contributed by atoms with E-state index in [0.29, 0.717) is 11.8 Å². The molecule has 1 N–H and O–H groups in total. The molecule has 23 heavy (non-hydrogen) atoms. The van der Waals surface area contributed by atoms with Crippen molar-refractivity contribution in [3.05, 3.63) is 35.9 Å². The predicted molar refractivity (Wildman–Crippen MR) is 93.2 cm³/mol. The fourth-order valence-corrected chi connectivity index (χ4v) is 5.62. The van der Waals surface area contributed by atoms with Gasteiger partial charge in [-0.2, -0.15) is 0 Å². The molecule has 0 aromatic heterocycles. The molecule has 1 amide bonds. The molecule has 0 heterocycles. The van der Waals surface area contributed by atoms with Crippen LogP contribution in [0.4, 0.5) is 0 Å². The SMILES string of the molecule is O=C(CC1CC2CCC1C2)NCC1(c2ccccc2)CCCC1. The van der Waals surface area contributed by atoms with Gasteiger partial charge in [0.2, 0.25) is 5.91 Å². The normalized spacial score (nSPS) is 31.4. The number of carbonyl (C=O) groups is 1. The van der Waals surface area contributed by atoms with Gasteiger partial charge in [0, 0.05) is 18.4 Å². The van der Waals surface area contributed by atoms with Crippen LogP contribution in [0.25, 0.3) is 0 Å². The summed E-state index contributed by atoms with van der Waals surface area (Å²) in [6.07, 6.45) is 11.3. The molecule has 0 saturated heterocycles. The third-order valence-electron chi connectivity index (χ3n) is 6.90. The van der Waals surface area contributed by atoms with Crippen LogP contribution in [0.3, 0.4) is 0 Å². The van der Waals surface area contributed by atoms with Gasteiger partial charge in [0.15, 0.2) is 0 Å². The summed E-state index contributed by atoms with van der Waals surface area (Å²) in [7, 11) is 0. The van der Waals surface area contributed by atoms with Crippen LogP contribution in [0.2, 0.25) is 0 Å². The van der Waals surface area contributed by atoms with Gasteiger partial charge >= 0.3 is 0 Å². The van der Waals surface area contributed by atoms with Crippen LogP contribution in [0, 0.1) is 17.8 Å². The van der Waals surface area contributed by atoms with Crippen molar-refractivity contribution in [2.45, 2.75) is 63.2 Å². The largest absolute Gasteiger partial charge is 0.355 e. The zero-order valence-corrected chi connectivity index (χ0v) is 14.1. The fourth-order valence-electron chi connectivity index (χ4n) is 5.62. The highest BCUT2D eigenvalue weighted by Crippen LogP contribution is 2.49. The van der Waals surface area contributed by atoms with Crippen LogP contribution < -0.4 is 5.32 Å². The highest BCUT2D eigenvalue weighted by atomic mass is 16.1. The topological polar surface area (TPSA) is 29.1 Å². The van der Waals surface area contributed by atoms with Gasteiger partial charge in [0.25, 0.3) is 0 Å². The lowest BCUT2D eigenvalue weighted by Gasteiger charge is -2.30. The van der Waals surface area contributed by atoms with Crippen LogP contribution in [0.5, 0.6) is 0 Å². The van der Waals surface area contributed by atoms with Crippen LogP contribution in [-0.4, -0.2) is 12.5 Å². The lowest BCUT2D eigenvalue weighted by Crippen LogP contribution is -2.39. The average Bonchev–Trinajstić information content (AvgIpc) is 3.31. The van der Waals surface area contributed by atoms with E-state index in [4.69, 9.17) is 0 Å². The number of amides is 1. The summed E-state index contributed by atoms with van der Waals surface area (Å²) in [5.74, 6) is 2.75. The molecule has 1 aromatic rings. The Morgan fingerprint density at radius 3 is 2.52 bits per heavy atom. The molecule has 0 radical (unpaired) electrons. The lowest BCUT2D eigenvalue weighted by atomic mass is 9.78. The Kier molecular flexibility index (Phi) is 4.17. The second-order valence-electron chi connectivity index (χ2n) is 8.27. The minimum absolute atomic E-state index is 0.186. The second-order valence-corrected chi connectivity index (χ2v) is 8.27. The molecular formula is C21H29NO. The van der Waals surface area contributed by atoms with E-state index in [9.17, 15) is 4.79 Å². The van der Waals surface area contributed by atoms with Gasteiger partial charge in [-0.25, -0.2) is 0 Å². The molecule has 2 bridgehead atoms. The quantitative estimate of drug-likeness (QED) is 0.855. The molecule has 4 rings (SSSR count). The van der Waals surface area contributed by atoms with E-state index in [1.807, 2.05) is 0 Å². The first-order chi connectivity index (χ1) is 11.3. The minimum Gasteiger partial charge on any atom is -0.355 e. The van der Waals surface area contributed by atoms with Crippen molar-refractivity contribution in [2.24, 2.45) is 17.8 Å². The van der Waals surface area contributed by atoms with Crippen LogP contribution in [0.15, 0.2) is 30.3 Å². The van der Waals surface area contributed by atoms with Gasteiger partial charge in [-0.3, -0.25) is 4.79 Å². The molecule has 3 saturated carbocycles. The Morgan fingerprint density at radius 2 is 1.87 bits per heavy atom. The average molecular weight is 311 g/mol. The van der Waals surface area contributed by atoms with Crippen molar-refractivity contribution < 1.29 is 4.79 Å². The number of benzene rings is 1. The minimum atomic E-state index is 0.186. The van der Waals surface area contributed by atoms with E-state index in [1.54, 1.807) is 0 Å². The van der Waals surface area contributed by atoms with Crippen molar-refractivity contribution in [3.8, 4) is 0 Å². The zero-order valence-electron chi connectivity index (χ0n) is 14.1. The summed E-state index contributed by atoms with van der Waals surface area (Å²) in [6.45, 7) is 0.830. The van der Waals surface area contributed by atoms with E-state index >= 15 is 0 Å². The molecule has 3 aliphatic rings. The Labute approximate surface area is 140 Å². The number of fused-ring (bicyclic) bond motifs is 2. The standard InChI is InChI=1S/C21H29NO/c23-20(14-18-13-16-8-9-17(18)12-16)22-15-21(10-4-5-11-21)19-6-2-1-3-7-19/h1-3,6-7,16-18H,4-5,8-15H2,(H,22,23). The van der Waals surface area contributed by atoms with Gasteiger partial charge in [0.1, 0.15) is 0 Å². The molecule has 0 spiro atoms. The number of carbonyl (C=O) groups excluding carboxylic acids is 1. The van der Waals surface area contributed by atoms with E-state index < -0.39 is 0 Å². The number of hydrogen-bond donors (Lipinski definition) is 1. The van der Waals surface area contributed by atoms with Gasteiger partial charge in [0.05, 0.1) is 0 Å². The summed E-state index contributed by atoms with van der Waals surface area (Å²) in [4.78, 5) is 12.5. The van der Waals surface area contributed by atoms with Gasteiger partial charge in [-0.05, 0) is 55.4 Å². The number of rotatable bonds is 5. The summed E-state index contributed by atoms with van der Waals surface area (Å²) >= 11 is 0. The summed E-state index contributed by atoms with van der Waals surface area (Å²) in [5, 5.41) is 3.31. The van der Waals surface area contributed by atoms with Gasteiger partial charge in [-0.15, -0.1) is 0 Å². The summed E-state index contributed by atoms with van der Waals surface area (Å²) in [6, 6.07) is 10.8. The molecule has 1 aromatic carbocycles. The van der Waals surface area contributed by atoms with Crippen molar-refractivity contribution in [1.29, 1.82) is 0 Å². The van der Waals surface area contributed by atoms with E-state index in [1.165, 1.54) is 56.9 Å². The summed E-state index contributed by atoms with van der Waals surface area (Å²) in [5.41, 5.74) is 1.60. The second kappa shape index (κ2) is 6.30. The molecule has 3 unspecified atom stereocenters. The van der Waals surface area contributed by atoms with Gasteiger partial charge in [-0.1, -0.05) is 49.6 Å². The van der Waals surface area contributed by atoms with Crippen molar-refractivity contribution in [2.75, 3.05) is 6.54 Å². The maximum atomic E-state index is 12.5. The molecular weight excluding hydrogens is 282 g/mol. The molecule has 0 aliphatic heterocycles. The van der Waals surface area contributed by atoms with Crippen LogP contribution in [0.1, 0.15) is 63.4 Å². The Balaban J connectivity index is 1.36. The molecule has 2 heteroatoms.